The number of amides is 3. The third kappa shape index (κ3) is 5.23. The van der Waals surface area contributed by atoms with Gasteiger partial charge in [-0.3, -0.25) is 0 Å². The molecular formula is C21H25N3O3. The molecule has 0 fully saturated rings. The molecule has 6 heteroatoms. The molecule has 0 aromatic heterocycles. The Hall–Kier alpha value is -3.02. The molecule has 0 heterocycles. The van der Waals surface area contributed by atoms with Crippen LogP contribution < -0.4 is 16.0 Å². The van der Waals surface area contributed by atoms with Crippen LogP contribution >= 0.6 is 0 Å². The average molecular weight is 367 g/mol. The molecule has 6 nitrogen and oxygen atoms in total. The Balaban J connectivity index is 1.48. The lowest BCUT2D eigenvalue weighted by Gasteiger charge is -2.25. The van der Waals surface area contributed by atoms with Gasteiger partial charge in [0.15, 0.2) is 0 Å². The van der Waals surface area contributed by atoms with E-state index in [1.54, 1.807) is 0 Å². The maximum atomic E-state index is 12.2. The fourth-order valence-corrected chi connectivity index (χ4v) is 3.41. The first kappa shape index (κ1) is 18.8. The standard InChI is InChI=1S/C21H25N3O3/c1-27-21(26)23-13-15-9-11-18(12-10-15)24-20(25)22-14-17-7-4-6-16-5-2-3-8-19(16)17/h2-3,5,8-12,17H,4,6-7,13-14H2,1H3,(H,23,26)(H2,22,24,25)/t17-/m0/s1. The van der Waals surface area contributed by atoms with E-state index in [9.17, 15) is 9.59 Å². The summed E-state index contributed by atoms with van der Waals surface area (Å²) in [6.45, 7) is 1.00. The van der Waals surface area contributed by atoms with Gasteiger partial charge in [0, 0.05) is 24.7 Å². The Morgan fingerprint density at radius 2 is 1.85 bits per heavy atom. The summed E-state index contributed by atoms with van der Waals surface area (Å²) in [4.78, 5) is 23.3. The molecule has 0 saturated heterocycles. The fraction of sp³-hybridized carbons (Fsp3) is 0.333. The smallest absolute Gasteiger partial charge is 0.407 e. The highest BCUT2D eigenvalue weighted by Gasteiger charge is 2.20. The number of anilines is 1. The van der Waals surface area contributed by atoms with Crippen LogP contribution in [0.15, 0.2) is 48.5 Å². The van der Waals surface area contributed by atoms with Crippen LogP contribution in [0.5, 0.6) is 0 Å². The second kappa shape index (κ2) is 9.07. The first-order valence-electron chi connectivity index (χ1n) is 9.19. The molecule has 142 valence electrons. The van der Waals surface area contributed by atoms with E-state index >= 15 is 0 Å². The quantitative estimate of drug-likeness (QED) is 0.752. The highest BCUT2D eigenvalue weighted by atomic mass is 16.5. The maximum absolute atomic E-state index is 12.2. The van der Waals surface area contributed by atoms with Crippen LogP contribution in [0.25, 0.3) is 0 Å². The molecule has 0 aliphatic heterocycles. The highest BCUT2D eigenvalue weighted by Crippen LogP contribution is 2.30. The minimum Gasteiger partial charge on any atom is -0.453 e. The number of rotatable bonds is 5. The predicted molar refractivity (Wildman–Crippen MR) is 105 cm³/mol. The zero-order valence-electron chi connectivity index (χ0n) is 15.5. The van der Waals surface area contributed by atoms with Crippen molar-refractivity contribution in [2.75, 3.05) is 19.0 Å². The van der Waals surface area contributed by atoms with E-state index < -0.39 is 6.09 Å². The van der Waals surface area contributed by atoms with Gasteiger partial charge in [0.1, 0.15) is 0 Å². The Bertz CT molecular complexity index is 790. The Labute approximate surface area is 159 Å². The summed E-state index contributed by atoms with van der Waals surface area (Å²) in [6.07, 6.45) is 2.90. The zero-order valence-corrected chi connectivity index (χ0v) is 15.5. The molecule has 1 atom stereocenters. The van der Waals surface area contributed by atoms with Crippen LogP contribution in [-0.2, 0) is 17.7 Å². The molecule has 0 bridgehead atoms. The minimum atomic E-state index is -0.471. The molecule has 0 saturated carbocycles. The van der Waals surface area contributed by atoms with Crippen molar-refractivity contribution in [3.8, 4) is 0 Å². The Kier molecular flexibility index (Phi) is 6.30. The Morgan fingerprint density at radius 1 is 1.07 bits per heavy atom. The number of hydrogen-bond acceptors (Lipinski definition) is 3. The van der Waals surface area contributed by atoms with Gasteiger partial charge in [-0.25, -0.2) is 9.59 Å². The van der Waals surface area contributed by atoms with E-state index in [0.717, 1.165) is 24.8 Å². The first-order valence-corrected chi connectivity index (χ1v) is 9.19. The number of urea groups is 1. The second-order valence-electron chi connectivity index (χ2n) is 6.67. The van der Waals surface area contributed by atoms with E-state index in [1.165, 1.54) is 18.2 Å². The number of hydrogen-bond donors (Lipinski definition) is 3. The summed E-state index contributed by atoms with van der Waals surface area (Å²) in [5.41, 5.74) is 4.38. The van der Waals surface area contributed by atoms with Crippen LogP contribution in [0.1, 0.15) is 35.4 Å². The minimum absolute atomic E-state index is 0.210. The van der Waals surface area contributed by atoms with Crippen LogP contribution in [0, 0.1) is 0 Å². The maximum Gasteiger partial charge on any atom is 0.407 e. The van der Waals surface area contributed by atoms with Crippen molar-refractivity contribution in [1.82, 2.24) is 10.6 Å². The highest BCUT2D eigenvalue weighted by molar-refractivity contribution is 5.89. The topological polar surface area (TPSA) is 79.5 Å². The zero-order chi connectivity index (χ0) is 19.1. The van der Waals surface area contributed by atoms with E-state index in [2.05, 4.69) is 45.0 Å². The van der Waals surface area contributed by atoms with Gasteiger partial charge in [0.2, 0.25) is 0 Å². The number of alkyl carbamates (subject to hydrolysis) is 1. The number of fused-ring (bicyclic) bond motifs is 1. The van der Waals surface area contributed by atoms with E-state index in [1.807, 2.05) is 24.3 Å². The summed E-state index contributed by atoms with van der Waals surface area (Å²) in [6, 6.07) is 15.6. The molecule has 27 heavy (non-hydrogen) atoms. The molecule has 2 aromatic carbocycles. The van der Waals surface area contributed by atoms with Crippen molar-refractivity contribution < 1.29 is 14.3 Å². The third-order valence-corrected chi connectivity index (χ3v) is 4.84. The van der Waals surface area contributed by atoms with Crippen LogP contribution in [-0.4, -0.2) is 25.8 Å². The van der Waals surface area contributed by atoms with Crippen molar-refractivity contribution in [3.05, 3.63) is 65.2 Å². The summed E-state index contributed by atoms with van der Waals surface area (Å²) in [5.74, 6) is 0.368. The van der Waals surface area contributed by atoms with Gasteiger partial charge < -0.3 is 20.7 Å². The van der Waals surface area contributed by atoms with Crippen LogP contribution in [0.4, 0.5) is 15.3 Å². The molecule has 3 amide bonds. The lowest BCUT2D eigenvalue weighted by atomic mass is 9.83. The third-order valence-electron chi connectivity index (χ3n) is 4.84. The van der Waals surface area contributed by atoms with Gasteiger partial charge in [0.25, 0.3) is 0 Å². The van der Waals surface area contributed by atoms with Gasteiger partial charge in [-0.05, 0) is 48.1 Å². The first-order chi connectivity index (χ1) is 13.2. The number of nitrogens with one attached hydrogen (secondary N) is 3. The SMILES string of the molecule is COC(=O)NCc1ccc(NC(=O)NC[C@@H]2CCCc3ccccc32)cc1. The summed E-state index contributed by atoms with van der Waals surface area (Å²) in [5, 5.41) is 8.44. The van der Waals surface area contributed by atoms with E-state index in [4.69, 9.17) is 0 Å². The molecule has 3 N–H and O–H groups in total. The molecule has 0 unspecified atom stereocenters. The average Bonchev–Trinajstić information content (AvgIpc) is 2.71. The molecule has 0 spiro atoms. The van der Waals surface area contributed by atoms with E-state index in [-0.39, 0.29) is 6.03 Å². The van der Waals surface area contributed by atoms with Gasteiger partial charge in [-0.15, -0.1) is 0 Å². The summed E-state index contributed by atoms with van der Waals surface area (Å²) in [7, 11) is 1.33. The van der Waals surface area contributed by atoms with Gasteiger partial charge in [-0.1, -0.05) is 36.4 Å². The Morgan fingerprint density at radius 3 is 2.63 bits per heavy atom. The van der Waals surface area contributed by atoms with Crippen molar-refractivity contribution >= 4 is 17.8 Å². The molecule has 3 rings (SSSR count). The van der Waals surface area contributed by atoms with Crippen molar-refractivity contribution in [1.29, 1.82) is 0 Å². The van der Waals surface area contributed by atoms with Gasteiger partial charge in [-0.2, -0.15) is 0 Å². The fourth-order valence-electron chi connectivity index (χ4n) is 3.41. The normalized spacial score (nSPS) is 15.4. The monoisotopic (exact) mass is 367 g/mol. The number of carbonyl (C=O) groups excluding carboxylic acids is 2. The number of ether oxygens (including phenoxy) is 1. The second-order valence-corrected chi connectivity index (χ2v) is 6.67. The van der Waals surface area contributed by atoms with Crippen LogP contribution in [0.2, 0.25) is 0 Å². The molecule has 0 radical (unpaired) electrons. The summed E-state index contributed by atoms with van der Waals surface area (Å²) < 4.78 is 4.53. The van der Waals surface area contributed by atoms with Gasteiger partial charge >= 0.3 is 12.1 Å². The number of aryl methyl sites for hydroxylation is 1. The number of methoxy groups -OCH3 is 1. The number of carbonyl (C=O) groups is 2. The van der Waals surface area contributed by atoms with Crippen molar-refractivity contribution in [2.45, 2.75) is 31.7 Å². The molecule has 1 aliphatic carbocycles. The largest absolute Gasteiger partial charge is 0.453 e. The van der Waals surface area contributed by atoms with Crippen molar-refractivity contribution in [3.63, 3.8) is 0 Å². The molecule has 1 aliphatic rings. The van der Waals surface area contributed by atoms with Crippen LogP contribution in [0.3, 0.4) is 0 Å². The molecular weight excluding hydrogens is 342 g/mol. The predicted octanol–water partition coefficient (Wildman–Crippen LogP) is 3.78. The number of benzene rings is 2. The lowest BCUT2D eigenvalue weighted by Crippen LogP contribution is -2.33. The van der Waals surface area contributed by atoms with Gasteiger partial charge in [0.05, 0.1) is 7.11 Å². The van der Waals surface area contributed by atoms with Crippen molar-refractivity contribution in [2.24, 2.45) is 0 Å². The van der Waals surface area contributed by atoms with E-state index in [0.29, 0.717) is 24.7 Å². The lowest BCUT2D eigenvalue weighted by molar-refractivity contribution is 0.170. The summed E-state index contributed by atoms with van der Waals surface area (Å²) >= 11 is 0. The molecule has 2 aromatic rings.